The molecule has 0 N–H and O–H groups in total. The lowest BCUT2D eigenvalue weighted by atomic mass is 10.1. The van der Waals surface area contributed by atoms with Gasteiger partial charge in [0, 0.05) is 18.2 Å². The lowest BCUT2D eigenvalue weighted by molar-refractivity contribution is 0.0385. The second-order valence-electron chi connectivity index (χ2n) is 4.80. The molecule has 0 aliphatic heterocycles. The van der Waals surface area contributed by atoms with Crippen molar-refractivity contribution in [2.24, 2.45) is 0 Å². The van der Waals surface area contributed by atoms with Crippen molar-refractivity contribution in [3.8, 4) is 23.6 Å². The molecular formula is C18H13ClN2O4. The molecule has 2 aromatic rings. The van der Waals surface area contributed by atoms with E-state index in [0.29, 0.717) is 10.8 Å². The topological polar surface area (TPSA) is 92.3 Å². The molecular weight excluding hydrogens is 344 g/mol. The molecule has 0 unspecified atom stereocenters. The molecule has 0 aromatic heterocycles. The van der Waals surface area contributed by atoms with E-state index in [1.54, 1.807) is 6.07 Å². The van der Waals surface area contributed by atoms with Crippen molar-refractivity contribution in [1.82, 2.24) is 0 Å². The van der Waals surface area contributed by atoms with Crippen molar-refractivity contribution >= 4 is 17.6 Å². The van der Waals surface area contributed by atoms with Crippen LogP contribution in [-0.4, -0.2) is 26.3 Å². The normalized spacial score (nSPS) is 9.76. The molecule has 0 atom stereocenters. The fraction of sp³-hybridized carbons (Fsp3) is 0.167. The van der Waals surface area contributed by atoms with E-state index in [0.717, 1.165) is 0 Å². The molecule has 0 heterocycles. The highest BCUT2D eigenvalue weighted by Crippen LogP contribution is 2.30. The van der Waals surface area contributed by atoms with E-state index in [-0.39, 0.29) is 35.7 Å². The number of rotatable bonds is 6. The smallest absolute Gasteiger partial charge is 0.342 e. The van der Waals surface area contributed by atoms with E-state index < -0.39 is 5.97 Å². The quantitative estimate of drug-likeness (QED) is 0.579. The summed E-state index contributed by atoms with van der Waals surface area (Å²) in [6, 6.07) is 12.8. The molecule has 2 aromatic carbocycles. The van der Waals surface area contributed by atoms with Crippen molar-refractivity contribution < 1.29 is 19.0 Å². The van der Waals surface area contributed by atoms with Gasteiger partial charge in [0.15, 0.2) is 0 Å². The van der Waals surface area contributed by atoms with Gasteiger partial charge in [0.25, 0.3) is 0 Å². The number of esters is 1. The summed E-state index contributed by atoms with van der Waals surface area (Å²) in [6.07, 6.45) is 0. The average Bonchev–Trinajstić information content (AvgIpc) is 2.61. The summed E-state index contributed by atoms with van der Waals surface area (Å²) in [5.74, 6) is -0.106. The van der Waals surface area contributed by atoms with Crippen molar-refractivity contribution in [1.29, 1.82) is 10.5 Å². The summed E-state index contributed by atoms with van der Waals surface area (Å²) in [5, 5.41) is 18.4. The molecule has 0 bridgehead atoms. The molecule has 6 nitrogen and oxygen atoms in total. The summed E-state index contributed by atoms with van der Waals surface area (Å²) in [4.78, 5) is 12.2. The summed E-state index contributed by atoms with van der Waals surface area (Å²) in [5.41, 5.74) is 0.592. The van der Waals surface area contributed by atoms with Crippen LogP contribution in [0.5, 0.6) is 11.5 Å². The Balaban J connectivity index is 2.30. The van der Waals surface area contributed by atoms with Gasteiger partial charge in [0.1, 0.15) is 35.8 Å². The largest absolute Gasteiger partial charge is 0.460 e. The minimum Gasteiger partial charge on any atom is -0.460 e. The Bertz CT molecular complexity index is 868. The van der Waals surface area contributed by atoms with E-state index in [1.165, 1.54) is 37.4 Å². The monoisotopic (exact) mass is 356 g/mol. The van der Waals surface area contributed by atoms with E-state index in [2.05, 4.69) is 0 Å². The van der Waals surface area contributed by atoms with Crippen LogP contribution >= 0.6 is 11.6 Å². The van der Waals surface area contributed by atoms with E-state index >= 15 is 0 Å². The molecule has 0 radical (unpaired) electrons. The van der Waals surface area contributed by atoms with Crippen LogP contribution in [-0.2, 0) is 9.47 Å². The predicted molar refractivity (Wildman–Crippen MR) is 89.6 cm³/mol. The summed E-state index contributed by atoms with van der Waals surface area (Å²) >= 11 is 5.97. The molecule has 0 saturated heterocycles. The van der Waals surface area contributed by atoms with Gasteiger partial charge in [-0.25, -0.2) is 4.79 Å². The van der Waals surface area contributed by atoms with E-state index in [4.69, 9.17) is 36.3 Å². The summed E-state index contributed by atoms with van der Waals surface area (Å²) in [7, 11) is 1.50. The molecule has 25 heavy (non-hydrogen) atoms. The van der Waals surface area contributed by atoms with Crippen LogP contribution in [0.15, 0.2) is 36.4 Å². The van der Waals surface area contributed by atoms with Crippen LogP contribution < -0.4 is 4.74 Å². The molecule has 0 amide bonds. The second-order valence-corrected chi connectivity index (χ2v) is 5.24. The first-order valence-corrected chi connectivity index (χ1v) is 7.54. The van der Waals surface area contributed by atoms with Gasteiger partial charge in [-0.05, 0) is 30.3 Å². The number of hydrogen-bond donors (Lipinski definition) is 0. The second kappa shape index (κ2) is 8.70. The molecule has 0 spiro atoms. The average molecular weight is 357 g/mol. The molecule has 0 fully saturated rings. The van der Waals surface area contributed by atoms with E-state index in [9.17, 15) is 4.79 Å². The van der Waals surface area contributed by atoms with Gasteiger partial charge in [-0.3, -0.25) is 0 Å². The Morgan fingerprint density at radius 2 is 1.84 bits per heavy atom. The maximum Gasteiger partial charge on any atom is 0.342 e. The van der Waals surface area contributed by atoms with Gasteiger partial charge in [-0.1, -0.05) is 11.6 Å². The number of hydrogen-bond acceptors (Lipinski definition) is 6. The summed E-state index contributed by atoms with van der Waals surface area (Å²) < 4.78 is 15.6. The highest BCUT2D eigenvalue weighted by atomic mass is 35.5. The minimum absolute atomic E-state index is 0.104. The Kier molecular flexibility index (Phi) is 6.36. The first-order chi connectivity index (χ1) is 12.1. The molecule has 0 saturated carbocycles. The third-order valence-corrected chi connectivity index (χ3v) is 3.38. The minimum atomic E-state index is -0.585. The van der Waals surface area contributed by atoms with Crippen LogP contribution in [0.4, 0.5) is 0 Å². The number of methoxy groups -OCH3 is 1. The van der Waals surface area contributed by atoms with E-state index in [1.807, 2.05) is 12.1 Å². The van der Waals surface area contributed by atoms with Crippen molar-refractivity contribution in [2.45, 2.75) is 0 Å². The van der Waals surface area contributed by atoms with Gasteiger partial charge in [-0.2, -0.15) is 10.5 Å². The standard InChI is InChI=1S/C18H13ClN2O4/c1-23-6-7-24-18(22)16-5-3-14(19)9-17(16)25-15-4-2-12(10-20)13(8-15)11-21/h2-5,8-9H,6-7H2,1H3. The fourth-order valence-corrected chi connectivity index (χ4v) is 2.11. The summed E-state index contributed by atoms with van der Waals surface area (Å²) in [6.45, 7) is 0.378. The number of carbonyl (C=O) groups is 1. The Morgan fingerprint density at radius 1 is 1.08 bits per heavy atom. The molecule has 0 aliphatic rings. The first kappa shape index (κ1) is 18.3. The predicted octanol–water partition coefficient (Wildman–Crippen LogP) is 3.68. The molecule has 7 heteroatoms. The van der Waals surface area contributed by atoms with Gasteiger partial charge < -0.3 is 14.2 Å². The zero-order valence-electron chi connectivity index (χ0n) is 13.3. The first-order valence-electron chi connectivity index (χ1n) is 7.16. The SMILES string of the molecule is COCCOC(=O)c1ccc(Cl)cc1Oc1ccc(C#N)c(C#N)c1. The van der Waals surface area contributed by atoms with Crippen LogP contribution in [0.3, 0.4) is 0 Å². The van der Waals surface area contributed by atoms with Crippen molar-refractivity contribution in [2.75, 3.05) is 20.3 Å². The van der Waals surface area contributed by atoms with Crippen molar-refractivity contribution in [3.63, 3.8) is 0 Å². The fourth-order valence-electron chi connectivity index (χ4n) is 1.95. The van der Waals surface area contributed by atoms with Gasteiger partial charge in [-0.15, -0.1) is 0 Å². The lowest BCUT2D eigenvalue weighted by Crippen LogP contribution is -2.11. The molecule has 0 aliphatic carbocycles. The maximum atomic E-state index is 12.2. The Hall–Kier alpha value is -3.06. The van der Waals surface area contributed by atoms with Gasteiger partial charge >= 0.3 is 5.97 Å². The van der Waals surface area contributed by atoms with Crippen LogP contribution in [0.2, 0.25) is 5.02 Å². The highest BCUT2D eigenvalue weighted by molar-refractivity contribution is 6.30. The van der Waals surface area contributed by atoms with Gasteiger partial charge in [0.05, 0.1) is 17.7 Å². The third kappa shape index (κ3) is 4.71. The number of halogens is 1. The zero-order chi connectivity index (χ0) is 18.2. The van der Waals surface area contributed by atoms with Crippen molar-refractivity contribution in [3.05, 3.63) is 58.1 Å². The Morgan fingerprint density at radius 3 is 2.52 bits per heavy atom. The zero-order valence-corrected chi connectivity index (χ0v) is 14.0. The Labute approximate surface area is 149 Å². The molecule has 2 rings (SSSR count). The maximum absolute atomic E-state index is 12.2. The number of carbonyl (C=O) groups excluding carboxylic acids is 1. The van der Waals surface area contributed by atoms with Gasteiger partial charge in [0.2, 0.25) is 0 Å². The number of nitrogens with zero attached hydrogens (tertiary/aromatic N) is 2. The number of nitriles is 2. The highest BCUT2D eigenvalue weighted by Gasteiger charge is 2.16. The van der Waals surface area contributed by atoms with Crippen LogP contribution in [0.1, 0.15) is 21.5 Å². The lowest BCUT2D eigenvalue weighted by Gasteiger charge is -2.12. The van der Waals surface area contributed by atoms with Crippen LogP contribution in [0.25, 0.3) is 0 Å². The third-order valence-electron chi connectivity index (χ3n) is 3.14. The number of benzene rings is 2. The van der Waals surface area contributed by atoms with Crippen LogP contribution in [0, 0.1) is 22.7 Å². The number of ether oxygens (including phenoxy) is 3. The molecule has 126 valence electrons.